The minimum Gasteiger partial charge on any atom is -0.378 e. The fraction of sp³-hybridized carbons (Fsp3) is 0.857. The smallest absolute Gasteiger partial charge is 0.237 e. The van der Waals surface area contributed by atoms with Crippen LogP contribution >= 0.6 is 0 Å². The zero-order valence-corrected chi connectivity index (χ0v) is 12.0. The van der Waals surface area contributed by atoms with Crippen molar-refractivity contribution in [2.45, 2.75) is 38.1 Å². The molecule has 20 heavy (non-hydrogen) atoms. The molecule has 0 aromatic carbocycles. The molecule has 0 aromatic heterocycles. The lowest BCUT2D eigenvalue weighted by atomic mass is 10.1. The molecule has 6 nitrogen and oxygen atoms in total. The zero-order valence-electron chi connectivity index (χ0n) is 12.0. The van der Waals surface area contributed by atoms with Crippen molar-refractivity contribution in [1.29, 1.82) is 0 Å². The lowest BCUT2D eigenvalue weighted by Gasteiger charge is -2.27. The summed E-state index contributed by atoms with van der Waals surface area (Å²) in [7, 11) is 0. The third-order valence-electron chi connectivity index (χ3n) is 3.88. The highest BCUT2D eigenvalue weighted by Gasteiger charge is 2.20. The van der Waals surface area contributed by atoms with Gasteiger partial charge in [0.05, 0.1) is 19.3 Å². The van der Waals surface area contributed by atoms with Crippen molar-refractivity contribution >= 4 is 11.8 Å². The van der Waals surface area contributed by atoms with Crippen LogP contribution in [-0.4, -0.2) is 62.1 Å². The van der Waals surface area contributed by atoms with Crippen molar-refractivity contribution in [3.8, 4) is 0 Å². The number of carbonyl (C=O) groups is 2. The second kappa shape index (κ2) is 8.21. The molecule has 2 fully saturated rings. The second-order valence-corrected chi connectivity index (χ2v) is 5.39. The van der Waals surface area contributed by atoms with Gasteiger partial charge in [0.1, 0.15) is 0 Å². The molecule has 2 aliphatic heterocycles. The maximum Gasteiger partial charge on any atom is 0.237 e. The van der Waals surface area contributed by atoms with E-state index in [0.717, 1.165) is 25.8 Å². The number of hydrogen-bond donors (Lipinski definition) is 2. The molecule has 1 unspecified atom stereocenters. The second-order valence-electron chi connectivity index (χ2n) is 5.39. The average molecular weight is 283 g/mol. The molecule has 2 rings (SSSR count). The summed E-state index contributed by atoms with van der Waals surface area (Å²) in [5.74, 6) is 0.129. The van der Waals surface area contributed by atoms with Gasteiger partial charge in [0.15, 0.2) is 0 Å². The Hall–Kier alpha value is -1.14. The van der Waals surface area contributed by atoms with E-state index in [4.69, 9.17) is 4.74 Å². The maximum atomic E-state index is 12.0. The number of nitrogens with one attached hydrogen (secondary N) is 2. The van der Waals surface area contributed by atoms with Gasteiger partial charge >= 0.3 is 0 Å². The summed E-state index contributed by atoms with van der Waals surface area (Å²) in [6, 6.07) is -0.0870. The number of amides is 2. The first-order valence-electron chi connectivity index (χ1n) is 7.64. The van der Waals surface area contributed by atoms with Gasteiger partial charge in [-0.3, -0.25) is 9.59 Å². The van der Waals surface area contributed by atoms with Gasteiger partial charge in [0.25, 0.3) is 0 Å². The number of hydrogen-bond acceptors (Lipinski definition) is 4. The van der Waals surface area contributed by atoms with Crippen molar-refractivity contribution in [3.05, 3.63) is 0 Å². The fourth-order valence-corrected chi connectivity index (χ4v) is 2.64. The lowest BCUT2D eigenvalue weighted by Crippen LogP contribution is -2.45. The molecular weight excluding hydrogens is 258 g/mol. The first-order chi connectivity index (χ1) is 9.77. The Labute approximate surface area is 120 Å². The maximum absolute atomic E-state index is 12.0. The summed E-state index contributed by atoms with van der Waals surface area (Å²) in [6.45, 7) is 3.89. The van der Waals surface area contributed by atoms with Gasteiger partial charge in [-0.2, -0.15) is 0 Å². The Morgan fingerprint density at radius 2 is 2.00 bits per heavy atom. The number of nitrogens with zero attached hydrogens (tertiary/aromatic N) is 1. The van der Waals surface area contributed by atoms with Gasteiger partial charge < -0.3 is 20.3 Å². The van der Waals surface area contributed by atoms with Crippen molar-refractivity contribution in [2.24, 2.45) is 0 Å². The topological polar surface area (TPSA) is 70.7 Å². The molecule has 2 heterocycles. The van der Waals surface area contributed by atoms with Crippen LogP contribution in [-0.2, 0) is 14.3 Å². The molecule has 0 spiro atoms. The predicted octanol–water partition coefficient (Wildman–Crippen LogP) is -0.116. The standard InChI is InChI=1S/C14H25N3O3/c18-13(17-8-10-20-11-9-17)5-7-16-14(19)12-4-2-1-3-6-15-12/h12,15H,1-11H2,(H,16,19). The number of morpholine rings is 1. The predicted molar refractivity (Wildman–Crippen MR) is 75.3 cm³/mol. The molecule has 0 bridgehead atoms. The van der Waals surface area contributed by atoms with E-state index in [9.17, 15) is 9.59 Å². The Balaban J connectivity index is 1.64. The van der Waals surface area contributed by atoms with E-state index in [1.807, 2.05) is 0 Å². The van der Waals surface area contributed by atoms with Gasteiger partial charge in [0.2, 0.25) is 11.8 Å². The SMILES string of the molecule is O=C(NCCC(=O)N1CCOCC1)C1CCCCCN1. The Morgan fingerprint density at radius 1 is 1.20 bits per heavy atom. The van der Waals surface area contributed by atoms with Crippen LogP contribution < -0.4 is 10.6 Å². The molecule has 2 N–H and O–H groups in total. The molecule has 6 heteroatoms. The summed E-state index contributed by atoms with van der Waals surface area (Å²) in [5, 5.41) is 6.13. The number of rotatable bonds is 4. The van der Waals surface area contributed by atoms with Crippen LogP contribution in [0.1, 0.15) is 32.1 Å². The summed E-state index contributed by atoms with van der Waals surface area (Å²) in [4.78, 5) is 25.7. The van der Waals surface area contributed by atoms with Gasteiger partial charge in [-0.25, -0.2) is 0 Å². The summed E-state index contributed by atoms with van der Waals surface area (Å²) < 4.78 is 5.21. The van der Waals surface area contributed by atoms with Crippen LogP contribution in [0.2, 0.25) is 0 Å². The van der Waals surface area contributed by atoms with Gasteiger partial charge in [-0.15, -0.1) is 0 Å². The van der Waals surface area contributed by atoms with E-state index >= 15 is 0 Å². The van der Waals surface area contributed by atoms with Crippen LogP contribution in [0, 0.1) is 0 Å². The molecule has 2 aliphatic rings. The van der Waals surface area contributed by atoms with Crippen molar-refractivity contribution < 1.29 is 14.3 Å². The Bertz CT molecular complexity index is 322. The van der Waals surface area contributed by atoms with E-state index in [-0.39, 0.29) is 17.9 Å². The largest absolute Gasteiger partial charge is 0.378 e. The van der Waals surface area contributed by atoms with Crippen molar-refractivity contribution in [3.63, 3.8) is 0 Å². The van der Waals surface area contributed by atoms with Gasteiger partial charge in [-0.1, -0.05) is 12.8 Å². The molecule has 114 valence electrons. The molecule has 1 atom stereocenters. The van der Waals surface area contributed by atoms with Crippen LogP contribution in [0.5, 0.6) is 0 Å². The third-order valence-corrected chi connectivity index (χ3v) is 3.88. The number of carbonyl (C=O) groups excluding carboxylic acids is 2. The fourth-order valence-electron chi connectivity index (χ4n) is 2.64. The quantitative estimate of drug-likeness (QED) is 0.755. The molecule has 0 aliphatic carbocycles. The van der Waals surface area contributed by atoms with Gasteiger partial charge in [-0.05, 0) is 19.4 Å². The van der Waals surface area contributed by atoms with Crippen LogP contribution in [0.25, 0.3) is 0 Å². The highest BCUT2D eigenvalue weighted by atomic mass is 16.5. The van der Waals surface area contributed by atoms with E-state index in [0.29, 0.717) is 39.3 Å². The summed E-state index contributed by atoms with van der Waals surface area (Å²) >= 11 is 0. The van der Waals surface area contributed by atoms with E-state index in [2.05, 4.69) is 10.6 Å². The highest BCUT2D eigenvalue weighted by molar-refractivity contribution is 5.82. The van der Waals surface area contributed by atoms with Crippen LogP contribution in [0.3, 0.4) is 0 Å². The monoisotopic (exact) mass is 283 g/mol. The minimum atomic E-state index is -0.0870. The summed E-state index contributed by atoms with van der Waals surface area (Å²) in [6.07, 6.45) is 4.69. The number of ether oxygens (including phenoxy) is 1. The van der Waals surface area contributed by atoms with Crippen molar-refractivity contribution in [1.82, 2.24) is 15.5 Å². The van der Waals surface area contributed by atoms with E-state index < -0.39 is 0 Å². The molecule has 0 radical (unpaired) electrons. The average Bonchev–Trinajstić information content (AvgIpc) is 2.77. The third kappa shape index (κ3) is 4.76. The molecule has 2 saturated heterocycles. The van der Waals surface area contributed by atoms with Crippen LogP contribution in [0.15, 0.2) is 0 Å². The molecular formula is C14H25N3O3. The van der Waals surface area contributed by atoms with Crippen molar-refractivity contribution in [2.75, 3.05) is 39.4 Å². The first kappa shape index (κ1) is 15.3. The van der Waals surface area contributed by atoms with Crippen LogP contribution in [0.4, 0.5) is 0 Å². The minimum absolute atomic E-state index is 0.0293. The lowest BCUT2D eigenvalue weighted by molar-refractivity contribution is -0.135. The van der Waals surface area contributed by atoms with Gasteiger partial charge in [0, 0.05) is 26.1 Å². The zero-order chi connectivity index (χ0) is 14.2. The first-order valence-corrected chi connectivity index (χ1v) is 7.64. The van der Waals surface area contributed by atoms with E-state index in [1.54, 1.807) is 4.90 Å². The highest BCUT2D eigenvalue weighted by Crippen LogP contribution is 2.08. The van der Waals surface area contributed by atoms with E-state index in [1.165, 1.54) is 6.42 Å². The molecule has 0 aromatic rings. The molecule has 0 saturated carbocycles. The Kier molecular flexibility index (Phi) is 6.26. The normalized spacial score (nSPS) is 24.0. The molecule has 2 amide bonds. The summed E-state index contributed by atoms with van der Waals surface area (Å²) in [5.41, 5.74) is 0. The Morgan fingerprint density at radius 3 is 2.80 bits per heavy atom.